The van der Waals surface area contributed by atoms with Gasteiger partial charge in [-0.05, 0) is 17.7 Å². The van der Waals surface area contributed by atoms with Crippen LogP contribution in [0.4, 0.5) is 0 Å². The molecule has 0 radical (unpaired) electrons. The molecule has 122 valence electrons. The van der Waals surface area contributed by atoms with Gasteiger partial charge in [0.05, 0.1) is 19.7 Å². The zero-order valence-corrected chi connectivity index (χ0v) is 13.5. The highest BCUT2D eigenvalue weighted by Crippen LogP contribution is 2.27. The van der Waals surface area contributed by atoms with Crippen molar-refractivity contribution in [2.75, 3.05) is 26.7 Å². The molecule has 1 aliphatic rings. The fourth-order valence-corrected chi connectivity index (χ4v) is 3.07. The molecule has 2 aromatic rings. The Morgan fingerprint density at radius 2 is 2.13 bits per heavy atom. The molecular weight excluding hydrogens is 292 g/mol. The Bertz CT molecular complexity index is 639. The minimum absolute atomic E-state index is 0.0575. The number of nitrogens with one attached hydrogen (secondary N) is 1. The maximum absolute atomic E-state index is 12.0. The number of amides is 1. The monoisotopic (exact) mass is 314 g/mol. The number of aromatic amines is 1. The Morgan fingerprint density at radius 3 is 2.74 bits per heavy atom. The van der Waals surface area contributed by atoms with Crippen LogP contribution < -0.4 is 4.74 Å². The van der Waals surface area contributed by atoms with Gasteiger partial charge in [-0.2, -0.15) is 0 Å². The summed E-state index contributed by atoms with van der Waals surface area (Å²) < 4.78 is 5.22. The van der Waals surface area contributed by atoms with Gasteiger partial charge in [0.25, 0.3) is 0 Å². The third-order valence-electron chi connectivity index (χ3n) is 4.30. The van der Waals surface area contributed by atoms with Crippen LogP contribution in [0.15, 0.2) is 36.7 Å². The van der Waals surface area contributed by atoms with Gasteiger partial charge in [0, 0.05) is 39.0 Å². The number of H-pyrrole nitrogens is 1. The minimum Gasteiger partial charge on any atom is -0.497 e. The van der Waals surface area contributed by atoms with Crippen LogP contribution in [-0.2, 0) is 11.3 Å². The van der Waals surface area contributed by atoms with E-state index in [0.29, 0.717) is 0 Å². The lowest BCUT2D eigenvalue weighted by Crippen LogP contribution is -2.49. The topological polar surface area (TPSA) is 61.5 Å². The molecule has 1 amide bonds. The van der Waals surface area contributed by atoms with Crippen molar-refractivity contribution >= 4 is 5.91 Å². The number of piperazine rings is 1. The fraction of sp³-hybridized carbons (Fsp3) is 0.412. The highest BCUT2D eigenvalue weighted by atomic mass is 16.5. The summed E-state index contributed by atoms with van der Waals surface area (Å²) in [5.74, 6) is 1.89. The highest BCUT2D eigenvalue weighted by molar-refractivity contribution is 5.74. The van der Waals surface area contributed by atoms with Gasteiger partial charge < -0.3 is 14.6 Å². The highest BCUT2D eigenvalue weighted by Gasteiger charge is 2.30. The average molecular weight is 314 g/mol. The number of ether oxygens (including phenoxy) is 1. The molecular formula is C17H22N4O2. The summed E-state index contributed by atoms with van der Waals surface area (Å²) in [6.45, 7) is 4.79. The number of hydrogen-bond donors (Lipinski definition) is 1. The standard InChI is InChI=1S/C17H22N4O2/c1-13(22)21-10-9-20(12-17-18-7-8-19-17)11-16(21)14-3-5-15(23-2)6-4-14/h3-8,16H,9-12H2,1-2H3,(H,18,19)/t16-/m0/s1. The lowest BCUT2D eigenvalue weighted by molar-refractivity contribution is -0.134. The van der Waals surface area contributed by atoms with Crippen molar-refractivity contribution in [1.29, 1.82) is 0 Å². The normalized spacial score (nSPS) is 18.9. The van der Waals surface area contributed by atoms with Gasteiger partial charge in [0.15, 0.2) is 0 Å². The average Bonchev–Trinajstić information content (AvgIpc) is 3.07. The van der Waals surface area contributed by atoms with Crippen LogP contribution in [0.3, 0.4) is 0 Å². The van der Waals surface area contributed by atoms with Crippen molar-refractivity contribution in [3.63, 3.8) is 0 Å². The second-order valence-corrected chi connectivity index (χ2v) is 5.77. The molecule has 1 saturated heterocycles. The van der Waals surface area contributed by atoms with Gasteiger partial charge in [0.1, 0.15) is 11.6 Å². The summed E-state index contributed by atoms with van der Waals surface area (Å²) in [5, 5.41) is 0. The SMILES string of the molecule is COc1ccc([C@@H]2CN(Cc3ncc[nH]3)CCN2C(C)=O)cc1. The number of hydrogen-bond acceptors (Lipinski definition) is 4. The van der Waals surface area contributed by atoms with E-state index in [-0.39, 0.29) is 11.9 Å². The molecule has 23 heavy (non-hydrogen) atoms. The molecule has 1 N–H and O–H groups in total. The van der Waals surface area contributed by atoms with Gasteiger partial charge in [-0.25, -0.2) is 4.98 Å². The number of rotatable bonds is 4. The zero-order valence-electron chi connectivity index (χ0n) is 13.5. The molecule has 1 aromatic heterocycles. The maximum atomic E-state index is 12.0. The molecule has 1 atom stereocenters. The fourth-order valence-electron chi connectivity index (χ4n) is 3.07. The van der Waals surface area contributed by atoms with E-state index in [1.165, 1.54) is 0 Å². The Kier molecular flexibility index (Phi) is 4.62. The third kappa shape index (κ3) is 3.53. The summed E-state index contributed by atoms with van der Waals surface area (Å²) in [5.41, 5.74) is 1.13. The summed E-state index contributed by atoms with van der Waals surface area (Å²) in [6.07, 6.45) is 3.60. The Hall–Kier alpha value is -2.34. The molecule has 0 bridgehead atoms. The molecule has 1 aliphatic heterocycles. The quantitative estimate of drug-likeness (QED) is 0.935. The summed E-state index contributed by atoms with van der Waals surface area (Å²) >= 11 is 0. The van der Waals surface area contributed by atoms with Gasteiger partial charge in [0.2, 0.25) is 5.91 Å². The number of benzene rings is 1. The Balaban J connectivity index is 1.78. The number of nitrogens with zero attached hydrogens (tertiary/aromatic N) is 3. The summed E-state index contributed by atoms with van der Waals surface area (Å²) in [6, 6.07) is 8.02. The van der Waals surface area contributed by atoms with Gasteiger partial charge in [-0.15, -0.1) is 0 Å². The van der Waals surface area contributed by atoms with Crippen LogP contribution in [0.1, 0.15) is 24.4 Å². The predicted molar refractivity (Wildman–Crippen MR) is 87.0 cm³/mol. The Morgan fingerprint density at radius 1 is 1.35 bits per heavy atom. The molecule has 0 spiro atoms. The number of aromatic nitrogens is 2. The van der Waals surface area contributed by atoms with Crippen LogP contribution >= 0.6 is 0 Å². The van der Waals surface area contributed by atoms with Gasteiger partial charge in [-0.3, -0.25) is 9.69 Å². The van der Waals surface area contributed by atoms with Crippen LogP contribution in [-0.4, -0.2) is 52.4 Å². The molecule has 3 rings (SSSR count). The second-order valence-electron chi connectivity index (χ2n) is 5.77. The molecule has 6 heteroatoms. The lowest BCUT2D eigenvalue weighted by atomic mass is 10.0. The molecule has 6 nitrogen and oxygen atoms in total. The molecule has 0 saturated carbocycles. The minimum atomic E-state index is 0.0575. The van der Waals surface area contributed by atoms with E-state index in [4.69, 9.17) is 4.74 Å². The van der Waals surface area contributed by atoms with Crippen molar-refractivity contribution in [2.45, 2.75) is 19.5 Å². The van der Waals surface area contributed by atoms with Crippen molar-refractivity contribution in [3.05, 3.63) is 48.0 Å². The molecule has 1 fully saturated rings. The summed E-state index contributed by atoms with van der Waals surface area (Å²) in [4.78, 5) is 23.7. The predicted octanol–water partition coefficient (Wildman–Crippen LogP) is 1.82. The molecule has 1 aromatic carbocycles. The van der Waals surface area contributed by atoms with E-state index >= 15 is 0 Å². The lowest BCUT2D eigenvalue weighted by Gasteiger charge is -2.41. The summed E-state index contributed by atoms with van der Waals surface area (Å²) in [7, 11) is 1.66. The second kappa shape index (κ2) is 6.83. The van der Waals surface area contributed by atoms with E-state index in [0.717, 1.165) is 43.3 Å². The molecule has 0 unspecified atom stereocenters. The van der Waals surface area contributed by atoms with E-state index in [1.807, 2.05) is 35.4 Å². The molecule has 2 heterocycles. The first kappa shape index (κ1) is 15.6. The third-order valence-corrected chi connectivity index (χ3v) is 4.30. The van der Waals surface area contributed by atoms with Crippen molar-refractivity contribution in [3.8, 4) is 5.75 Å². The smallest absolute Gasteiger partial charge is 0.220 e. The first-order valence-corrected chi connectivity index (χ1v) is 7.79. The first-order valence-electron chi connectivity index (χ1n) is 7.79. The maximum Gasteiger partial charge on any atom is 0.220 e. The number of carbonyl (C=O) groups is 1. The van der Waals surface area contributed by atoms with Crippen LogP contribution in [0.25, 0.3) is 0 Å². The number of carbonyl (C=O) groups excluding carboxylic acids is 1. The number of imidazole rings is 1. The van der Waals surface area contributed by atoms with Gasteiger partial charge >= 0.3 is 0 Å². The van der Waals surface area contributed by atoms with Crippen molar-refractivity contribution in [2.24, 2.45) is 0 Å². The van der Waals surface area contributed by atoms with E-state index in [1.54, 1.807) is 20.2 Å². The van der Waals surface area contributed by atoms with E-state index < -0.39 is 0 Å². The molecule has 0 aliphatic carbocycles. The zero-order chi connectivity index (χ0) is 16.2. The van der Waals surface area contributed by atoms with Crippen LogP contribution in [0.5, 0.6) is 5.75 Å². The van der Waals surface area contributed by atoms with E-state index in [2.05, 4.69) is 14.9 Å². The van der Waals surface area contributed by atoms with Crippen molar-refractivity contribution < 1.29 is 9.53 Å². The van der Waals surface area contributed by atoms with Crippen molar-refractivity contribution in [1.82, 2.24) is 19.8 Å². The Labute approximate surface area is 136 Å². The van der Waals surface area contributed by atoms with Crippen LogP contribution in [0.2, 0.25) is 0 Å². The van der Waals surface area contributed by atoms with Gasteiger partial charge in [-0.1, -0.05) is 12.1 Å². The van der Waals surface area contributed by atoms with Crippen LogP contribution in [0, 0.1) is 0 Å². The van der Waals surface area contributed by atoms with E-state index in [9.17, 15) is 4.79 Å². The largest absolute Gasteiger partial charge is 0.497 e. The first-order chi connectivity index (χ1) is 11.2. The number of methoxy groups -OCH3 is 1.